The minimum atomic E-state index is -0.936. The highest BCUT2D eigenvalue weighted by Gasteiger charge is 2.32. The van der Waals surface area contributed by atoms with Crippen molar-refractivity contribution in [2.75, 3.05) is 19.7 Å². The van der Waals surface area contributed by atoms with E-state index < -0.39 is 6.10 Å². The molecule has 0 saturated heterocycles. The van der Waals surface area contributed by atoms with Crippen molar-refractivity contribution in [3.63, 3.8) is 0 Å². The fourth-order valence-corrected chi connectivity index (χ4v) is 8.75. The lowest BCUT2D eigenvalue weighted by Gasteiger charge is -2.34. The van der Waals surface area contributed by atoms with Crippen LogP contribution in [0.25, 0.3) is 21.8 Å². The molecule has 0 saturated carbocycles. The molecule has 9 heteroatoms. The molecule has 9 nitrogen and oxygen atoms in total. The van der Waals surface area contributed by atoms with Gasteiger partial charge in [0.1, 0.15) is 24.7 Å². The van der Waals surface area contributed by atoms with Gasteiger partial charge in [0.15, 0.2) is 0 Å². The predicted molar refractivity (Wildman–Crippen MR) is 233 cm³/mol. The third-order valence-corrected chi connectivity index (χ3v) is 11.8. The van der Waals surface area contributed by atoms with Gasteiger partial charge in [-0.25, -0.2) is 0 Å². The molecular weight excluding hydrogens is 739 g/mol. The van der Waals surface area contributed by atoms with Gasteiger partial charge in [-0.1, -0.05) is 98.8 Å². The van der Waals surface area contributed by atoms with Gasteiger partial charge in [-0.05, 0) is 94.5 Å². The summed E-state index contributed by atoms with van der Waals surface area (Å²) in [5.41, 5.74) is 9.58. The Labute approximate surface area is 343 Å². The first-order chi connectivity index (χ1) is 28.8. The zero-order valence-electron chi connectivity index (χ0n) is 33.6. The molecule has 7 aromatic rings. The summed E-state index contributed by atoms with van der Waals surface area (Å²) in [4.78, 5) is 33.6. The summed E-state index contributed by atoms with van der Waals surface area (Å²) in [6.45, 7) is 5.64. The van der Waals surface area contributed by atoms with E-state index in [1.165, 1.54) is 34.4 Å². The number of H-pyrrole nitrogens is 2. The van der Waals surface area contributed by atoms with E-state index in [1.807, 2.05) is 84.9 Å². The summed E-state index contributed by atoms with van der Waals surface area (Å²) in [7, 11) is 0. The fraction of sp³-hybridized carbons (Fsp3) is 0.280. The molecule has 0 bridgehead atoms. The number of nitrogens with zero attached hydrogens (tertiary/aromatic N) is 1. The number of aromatic nitrogens is 2. The molecule has 0 amide bonds. The van der Waals surface area contributed by atoms with E-state index in [4.69, 9.17) is 9.47 Å². The van der Waals surface area contributed by atoms with Crippen molar-refractivity contribution < 1.29 is 19.7 Å². The number of ether oxygens (including phenoxy) is 2. The maximum atomic E-state index is 12.7. The number of benzene rings is 5. The van der Waals surface area contributed by atoms with Crippen molar-refractivity contribution in [1.29, 1.82) is 0 Å². The molecule has 5 aromatic carbocycles. The smallest absolute Gasteiger partial charge is 0.248 e. The minimum Gasteiger partial charge on any atom is -0.487 e. The van der Waals surface area contributed by atoms with Crippen LogP contribution in [0.2, 0.25) is 0 Å². The molecule has 2 unspecified atom stereocenters. The Hall–Kier alpha value is -6.00. The molecule has 0 aliphatic heterocycles. The standard InChI is InChI=1S/C50H51N3O6/c1-3-34-23-36-25-39(26-37(36)24-35(34)4-2)53(28-44(55)41-16-20-46(50-43(41)18-22-48(57)52-50)59-31-33-13-9-6-10-14-33)27-38(29-54)40-15-19-45(49-42(40)17-21-47(56)51-49)58-30-32-11-7-5-8-12-32/h5-24,38-39,44,54-55H,3-4,25-31H2,1-2H3,(H,51,56)(H,52,57). The molecule has 59 heavy (non-hydrogen) atoms. The van der Waals surface area contributed by atoms with Crippen LogP contribution in [-0.4, -0.2) is 50.8 Å². The van der Waals surface area contributed by atoms with Gasteiger partial charge in [-0.3, -0.25) is 14.5 Å². The zero-order chi connectivity index (χ0) is 40.9. The van der Waals surface area contributed by atoms with Gasteiger partial charge in [-0.2, -0.15) is 0 Å². The quantitative estimate of drug-likeness (QED) is 0.0784. The van der Waals surface area contributed by atoms with Crippen LogP contribution in [0.15, 0.2) is 131 Å². The van der Waals surface area contributed by atoms with Crippen LogP contribution in [0.5, 0.6) is 11.5 Å². The van der Waals surface area contributed by atoms with Gasteiger partial charge in [0.05, 0.1) is 23.7 Å². The summed E-state index contributed by atoms with van der Waals surface area (Å²) >= 11 is 0. The van der Waals surface area contributed by atoms with E-state index in [1.54, 1.807) is 12.1 Å². The highest BCUT2D eigenvalue weighted by Crippen LogP contribution is 2.36. The Morgan fingerprint density at radius 2 is 1.14 bits per heavy atom. The van der Waals surface area contributed by atoms with Crippen LogP contribution in [0.3, 0.4) is 0 Å². The highest BCUT2D eigenvalue weighted by molar-refractivity contribution is 5.88. The number of pyridine rings is 2. The van der Waals surface area contributed by atoms with Gasteiger partial charge >= 0.3 is 0 Å². The molecule has 2 atom stereocenters. The van der Waals surface area contributed by atoms with Crippen molar-refractivity contribution in [2.24, 2.45) is 0 Å². The van der Waals surface area contributed by atoms with E-state index >= 15 is 0 Å². The lowest BCUT2D eigenvalue weighted by molar-refractivity contribution is 0.0785. The number of aromatic amines is 2. The number of aliphatic hydroxyl groups is 2. The summed E-state index contributed by atoms with van der Waals surface area (Å²) < 4.78 is 12.5. The van der Waals surface area contributed by atoms with Gasteiger partial charge in [0.2, 0.25) is 11.1 Å². The van der Waals surface area contributed by atoms with E-state index in [2.05, 4.69) is 40.8 Å². The molecule has 2 aromatic heterocycles. The highest BCUT2D eigenvalue weighted by atomic mass is 16.5. The van der Waals surface area contributed by atoms with Gasteiger partial charge in [-0.15, -0.1) is 0 Å². The SMILES string of the molecule is CCc1cc2c(cc1CC)CC(N(CC(O)c1ccc(OCc3ccccc3)c3[nH]c(=O)ccc13)CC(CO)c1ccc(OCc3ccccc3)c3[nH]c(=O)ccc13)C2. The molecule has 302 valence electrons. The van der Waals surface area contributed by atoms with E-state index in [9.17, 15) is 19.8 Å². The Bertz CT molecular complexity index is 2640. The number of nitrogens with one attached hydrogen (secondary N) is 2. The molecule has 8 rings (SSSR count). The minimum absolute atomic E-state index is 0.0598. The molecular formula is C50H51N3O6. The molecule has 1 aliphatic carbocycles. The van der Waals surface area contributed by atoms with Crippen LogP contribution < -0.4 is 20.6 Å². The van der Waals surface area contributed by atoms with Gasteiger partial charge in [0.25, 0.3) is 0 Å². The summed E-state index contributed by atoms with van der Waals surface area (Å²) in [6.07, 6.45) is 2.64. The number of rotatable bonds is 16. The van der Waals surface area contributed by atoms with Crippen molar-refractivity contribution >= 4 is 21.8 Å². The summed E-state index contributed by atoms with van der Waals surface area (Å²) in [6, 6.07) is 38.6. The second-order valence-corrected chi connectivity index (χ2v) is 15.6. The van der Waals surface area contributed by atoms with Crippen molar-refractivity contribution in [1.82, 2.24) is 14.9 Å². The zero-order valence-corrected chi connectivity index (χ0v) is 33.6. The predicted octanol–water partition coefficient (Wildman–Crippen LogP) is 7.93. The first-order valence-electron chi connectivity index (χ1n) is 20.6. The first kappa shape index (κ1) is 39.8. The second kappa shape index (κ2) is 17.9. The summed E-state index contributed by atoms with van der Waals surface area (Å²) in [5, 5.41) is 24.9. The third-order valence-electron chi connectivity index (χ3n) is 11.8. The Balaban J connectivity index is 1.13. The number of hydrogen-bond acceptors (Lipinski definition) is 7. The first-order valence-corrected chi connectivity index (χ1v) is 20.6. The second-order valence-electron chi connectivity index (χ2n) is 15.6. The van der Waals surface area contributed by atoms with E-state index in [0.29, 0.717) is 53.2 Å². The Morgan fingerprint density at radius 3 is 1.63 bits per heavy atom. The van der Waals surface area contributed by atoms with Crippen LogP contribution >= 0.6 is 0 Å². The lowest BCUT2D eigenvalue weighted by Crippen LogP contribution is -2.42. The Morgan fingerprint density at radius 1 is 0.644 bits per heavy atom. The lowest BCUT2D eigenvalue weighted by atomic mass is 9.93. The molecule has 0 spiro atoms. The van der Waals surface area contributed by atoms with Crippen LogP contribution in [0.1, 0.15) is 70.4 Å². The average molecular weight is 790 g/mol. The van der Waals surface area contributed by atoms with E-state index in [-0.39, 0.29) is 36.2 Å². The normalized spacial score (nSPS) is 13.8. The fourth-order valence-electron chi connectivity index (χ4n) is 8.75. The molecule has 0 fully saturated rings. The Kier molecular flexibility index (Phi) is 12.1. The van der Waals surface area contributed by atoms with Crippen LogP contribution in [0, 0.1) is 0 Å². The number of aryl methyl sites for hydroxylation is 2. The number of fused-ring (bicyclic) bond motifs is 3. The monoisotopic (exact) mass is 789 g/mol. The van der Waals surface area contributed by atoms with Gasteiger partial charge in [0, 0.05) is 48.0 Å². The molecule has 2 heterocycles. The molecule has 1 aliphatic rings. The van der Waals surface area contributed by atoms with Crippen molar-refractivity contribution in [2.45, 2.75) is 70.8 Å². The van der Waals surface area contributed by atoms with E-state index in [0.717, 1.165) is 47.8 Å². The van der Waals surface area contributed by atoms with Crippen LogP contribution in [-0.2, 0) is 38.9 Å². The topological polar surface area (TPSA) is 128 Å². The largest absolute Gasteiger partial charge is 0.487 e. The number of hydrogen-bond donors (Lipinski definition) is 4. The van der Waals surface area contributed by atoms with Crippen molar-refractivity contribution in [3.05, 3.63) is 187 Å². The van der Waals surface area contributed by atoms with Crippen LogP contribution in [0.4, 0.5) is 0 Å². The average Bonchev–Trinajstić information content (AvgIpc) is 3.69. The van der Waals surface area contributed by atoms with Crippen molar-refractivity contribution in [3.8, 4) is 11.5 Å². The van der Waals surface area contributed by atoms with Gasteiger partial charge < -0.3 is 29.7 Å². The number of aliphatic hydroxyl groups excluding tert-OH is 2. The third kappa shape index (κ3) is 8.73. The molecule has 4 N–H and O–H groups in total. The maximum Gasteiger partial charge on any atom is 0.248 e. The molecule has 0 radical (unpaired) electrons. The summed E-state index contributed by atoms with van der Waals surface area (Å²) in [5.74, 6) is 0.724. The maximum absolute atomic E-state index is 12.7.